The molecule has 0 bridgehead atoms. The number of benzene rings is 2. The van der Waals surface area contributed by atoms with Crippen LogP contribution in [0.1, 0.15) is 11.1 Å². The molecule has 0 aromatic heterocycles. The van der Waals surface area contributed by atoms with E-state index in [1.165, 1.54) is 30.5 Å². The van der Waals surface area contributed by atoms with Gasteiger partial charge < -0.3 is 9.47 Å². The van der Waals surface area contributed by atoms with Gasteiger partial charge in [0.15, 0.2) is 6.61 Å². The normalized spacial score (nSPS) is 10.8. The number of hydrogen-bond donors (Lipinski definition) is 1. The summed E-state index contributed by atoms with van der Waals surface area (Å²) < 4.78 is 33.6. The Hall–Kier alpha value is -2.96. The van der Waals surface area contributed by atoms with Crippen LogP contribution in [-0.4, -0.2) is 25.3 Å². The van der Waals surface area contributed by atoms with E-state index in [2.05, 4.69) is 15.3 Å². The van der Waals surface area contributed by atoms with Crippen molar-refractivity contribution in [3.63, 3.8) is 0 Å². The molecule has 24 heavy (non-hydrogen) atoms. The maximum Gasteiger partial charge on any atom is 0.387 e. The first-order valence-corrected chi connectivity index (χ1v) is 7.09. The molecule has 2 rings (SSSR count). The maximum atomic E-state index is 12.0. The summed E-state index contributed by atoms with van der Waals surface area (Å²) in [7, 11) is 0. The number of carbonyl (C=O) groups excluding carboxylic acids is 1. The van der Waals surface area contributed by atoms with Crippen LogP contribution in [0.3, 0.4) is 0 Å². The summed E-state index contributed by atoms with van der Waals surface area (Å²) in [4.78, 5) is 11.6. The minimum atomic E-state index is -2.86. The Bertz CT molecular complexity index is 703. The van der Waals surface area contributed by atoms with Crippen LogP contribution in [0, 0.1) is 6.92 Å². The molecule has 5 nitrogen and oxygen atoms in total. The van der Waals surface area contributed by atoms with Crippen molar-refractivity contribution < 1.29 is 23.0 Å². The fourth-order valence-corrected chi connectivity index (χ4v) is 1.80. The number of hydrazone groups is 1. The van der Waals surface area contributed by atoms with E-state index in [0.717, 1.165) is 5.56 Å². The van der Waals surface area contributed by atoms with Gasteiger partial charge in [0.1, 0.15) is 11.5 Å². The second kappa shape index (κ2) is 8.61. The molecule has 0 aliphatic rings. The number of aryl methyl sites for hydroxylation is 1. The van der Waals surface area contributed by atoms with Crippen LogP contribution in [-0.2, 0) is 4.79 Å². The van der Waals surface area contributed by atoms with Gasteiger partial charge in [-0.3, -0.25) is 4.79 Å². The monoisotopic (exact) mass is 334 g/mol. The number of rotatable bonds is 7. The van der Waals surface area contributed by atoms with Crippen LogP contribution in [0.25, 0.3) is 0 Å². The lowest BCUT2D eigenvalue weighted by Crippen LogP contribution is -2.24. The Kier molecular flexibility index (Phi) is 6.24. The van der Waals surface area contributed by atoms with Crippen molar-refractivity contribution in [3.8, 4) is 11.5 Å². The smallest absolute Gasteiger partial charge is 0.387 e. The first-order chi connectivity index (χ1) is 11.5. The van der Waals surface area contributed by atoms with Gasteiger partial charge in [0, 0.05) is 0 Å². The molecule has 0 heterocycles. The fraction of sp³-hybridized carbons (Fsp3) is 0.176. The van der Waals surface area contributed by atoms with E-state index >= 15 is 0 Å². The Labute approximate surface area is 137 Å². The number of nitrogens with one attached hydrogen (secondary N) is 1. The SMILES string of the molecule is Cc1cccc(OCC(=O)N/N=C\c2ccc(OC(F)F)cc2)c1. The van der Waals surface area contributed by atoms with Crippen LogP contribution in [0.5, 0.6) is 11.5 Å². The van der Waals surface area contributed by atoms with Crippen molar-refractivity contribution in [2.24, 2.45) is 5.10 Å². The molecule has 0 radical (unpaired) electrons. The molecule has 0 saturated heterocycles. The molecule has 1 amide bonds. The lowest BCUT2D eigenvalue weighted by molar-refractivity contribution is -0.123. The van der Waals surface area contributed by atoms with Crippen molar-refractivity contribution in [1.82, 2.24) is 5.43 Å². The standard InChI is InChI=1S/C17H16F2N2O3/c1-12-3-2-4-15(9-12)23-11-16(22)21-20-10-13-5-7-14(8-6-13)24-17(18)19/h2-10,17H,11H2,1H3,(H,21,22)/b20-10-. The third kappa shape index (κ3) is 6.04. The molecular weight excluding hydrogens is 318 g/mol. The molecule has 0 aliphatic carbocycles. The zero-order valence-corrected chi connectivity index (χ0v) is 12.9. The summed E-state index contributed by atoms with van der Waals surface area (Å²) in [6, 6.07) is 13.2. The molecule has 1 N–H and O–H groups in total. The van der Waals surface area contributed by atoms with Crippen molar-refractivity contribution in [2.75, 3.05) is 6.61 Å². The zero-order chi connectivity index (χ0) is 17.4. The van der Waals surface area contributed by atoms with Crippen molar-refractivity contribution in [3.05, 3.63) is 59.7 Å². The molecule has 126 valence electrons. The molecule has 2 aromatic rings. The average molecular weight is 334 g/mol. The van der Waals surface area contributed by atoms with E-state index in [0.29, 0.717) is 11.3 Å². The zero-order valence-electron chi connectivity index (χ0n) is 12.9. The minimum absolute atomic E-state index is 0.0535. The Morgan fingerprint density at radius 3 is 2.62 bits per heavy atom. The molecule has 0 fully saturated rings. The van der Waals surface area contributed by atoms with E-state index in [1.54, 1.807) is 6.07 Å². The van der Waals surface area contributed by atoms with Gasteiger partial charge in [0.25, 0.3) is 5.91 Å². The summed E-state index contributed by atoms with van der Waals surface area (Å²) in [6.45, 7) is -1.10. The number of halogens is 2. The Balaban J connectivity index is 1.77. The first kappa shape index (κ1) is 17.4. The molecule has 7 heteroatoms. The summed E-state index contributed by atoms with van der Waals surface area (Å²) in [6.07, 6.45) is 1.39. The van der Waals surface area contributed by atoms with Crippen molar-refractivity contribution in [1.29, 1.82) is 0 Å². The van der Waals surface area contributed by atoms with Gasteiger partial charge in [-0.2, -0.15) is 13.9 Å². The van der Waals surface area contributed by atoms with Crippen LogP contribution < -0.4 is 14.9 Å². The highest BCUT2D eigenvalue weighted by atomic mass is 19.3. The minimum Gasteiger partial charge on any atom is -0.484 e. The third-order valence-electron chi connectivity index (χ3n) is 2.87. The van der Waals surface area contributed by atoms with E-state index in [-0.39, 0.29) is 12.4 Å². The number of hydrogen-bond acceptors (Lipinski definition) is 4. The molecule has 0 unspecified atom stereocenters. The van der Waals surface area contributed by atoms with Crippen LogP contribution >= 0.6 is 0 Å². The van der Waals surface area contributed by atoms with E-state index in [4.69, 9.17) is 4.74 Å². The van der Waals surface area contributed by atoms with Gasteiger partial charge >= 0.3 is 6.61 Å². The molecule has 0 atom stereocenters. The highest BCUT2D eigenvalue weighted by molar-refractivity contribution is 5.83. The molecule has 2 aromatic carbocycles. The second-order valence-electron chi connectivity index (χ2n) is 4.85. The van der Waals surface area contributed by atoms with Gasteiger partial charge in [-0.25, -0.2) is 5.43 Å². The largest absolute Gasteiger partial charge is 0.484 e. The average Bonchev–Trinajstić information content (AvgIpc) is 2.54. The van der Waals surface area contributed by atoms with Crippen LogP contribution in [0.15, 0.2) is 53.6 Å². The highest BCUT2D eigenvalue weighted by Gasteiger charge is 2.03. The summed E-state index contributed by atoms with van der Waals surface area (Å²) in [5.41, 5.74) is 3.97. The third-order valence-corrected chi connectivity index (χ3v) is 2.87. The summed E-state index contributed by atoms with van der Waals surface area (Å²) in [5, 5.41) is 3.77. The number of amides is 1. The molecular formula is C17H16F2N2O3. The molecule has 0 aliphatic heterocycles. The first-order valence-electron chi connectivity index (χ1n) is 7.09. The Morgan fingerprint density at radius 2 is 1.96 bits per heavy atom. The quantitative estimate of drug-likeness (QED) is 0.625. The number of ether oxygens (including phenoxy) is 2. The topological polar surface area (TPSA) is 59.9 Å². The van der Waals surface area contributed by atoms with Crippen molar-refractivity contribution >= 4 is 12.1 Å². The van der Waals surface area contributed by atoms with Crippen LogP contribution in [0.2, 0.25) is 0 Å². The molecule has 0 spiro atoms. The second-order valence-corrected chi connectivity index (χ2v) is 4.85. The maximum absolute atomic E-state index is 12.0. The van der Waals surface area contributed by atoms with Gasteiger partial charge in [0.05, 0.1) is 6.21 Å². The lowest BCUT2D eigenvalue weighted by Gasteiger charge is -2.05. The number of nitrogens with zero attached hydrogens (tertiary/aromatic N) is 1. The van der Waals surface area contributed by atoms with Gasteiger partial charge in [-0.05, 0) is 54.4 Å². The van der Waals surface area contributed by atoms with Crippen molar-refractivity contribution in [2.45, 2.75) is 13.5 Å². The predicted molar refractivity (Wildman–Crippen MR) is 85.5 cm³/mol. The van der Waals surface area contributed by atoms with Gasteiger partial charge in [0.2, 0.25) is 0 Å². The van der Waals surface area contributed by atoms with Gasteiger partial charge in [-0.15, -0.1) is 0 Å². The van der Waals surface area contributed by atoms with E-state index in [1.807, 2.05) is 25.1 Å². The number of carbonyl (C=O) groups is 1. The summed E-state index contributed by atoms with van der Waals surface area (Å²) in [5.74, 6) is 0.242. The predicted octanol–water partition coefficient (Wildman–Crippen LogP) is 3.13. The van der Waals surface area contributed by atoms with E-state index in [9.17, 15) is 13.6 Å². The van der Waals surface area contributed by atoms with Crippen LogP contribution in [0.4, 0.5) is 8.78 Å². The number of alkyl halides is 2. The summed E-state index contributed by atoms with van der Waals surface area (Å²) >= 11 is 0. The lowest BCUT2D eigenvalue weighted by atomic mass is 10.2. The highest BCUT2D eigenvalue weighted by Crippen LogP contribution is 2.14. The van der Waals surface area contributed by atoms with E-state index < -0.39 is 12.5 Å². The molecule has 0 saturated carbocycles. The van der Waals surface area contributed by atoms with Gasteiger partial charge in [-0.1, -0.05) is 12.1 Å². The Morgan fingerprint density at radius 1 is 1.21 bits per heavy atom. The fourth-order valence-electron chi connectivity index (χ4n) is 1.80.